The van der Waals surface area contributed by atoms with Crippen LogP contribution in [0.5, 0.6) is 0 Å². The highest BCUT2D eigenvalue weighted by Crippen LogP contribution is 2.30. The van der Waals surface area contributed by atoms with E-state index >= 15 is 0 Å². The number of benzene rings is 2. The number of aromatic nitrogens is 2. The van der Waals surface area contributed by atoms with Gasteiger partial charge < -0.3 is 4.74 Å². The summed E-state index contributed by atoms with van der Waals surface area (Å²) >= 11 is 0. The average molecular weight is 351 g/mol. The minimum absolute atomic E-state index is 0.497. The van der Waals surface area contributed by atoms with E-state index in [9.17, 15) is 0 Å². The lowest BCUT2D eigenvalue weighted by atomic mass is 10.0. The normalized spacial score (nSPS) is 11.6. The van der Waals surface area contributed by atoms with Crippen molar-refractivity contribution in [2.75, 3.05) is 6.61 Å². The van der Waals surface area contributed by atoms with Crippen LogP contribution >= 0.6 is 0 Å². The summed E-state index contributed by atoms with van der Waals surface area (Å²) < 4.78 is 7.78. The second-order valence-electron chi connectivity index (χ2n) is 7.51. The molecule has 0 fully saturated rings. The number of nitrogens with zero attached hydrogens (tertiary/aromatic N) is 2. The molecule has 0 radical (unpaired) electrons. The predicted octanol–water partition coefficient (Wildman–Crippen LogP) is 5.53. The molecule has 0 saturated carbocycles. The number of rotatable bonds is 7. The van der Waals surface area contributed by atoms with Gasteiger partial charge in [-0.3, -0.25) is 0 Å². The molecule has 0 spiro atoms. The van der Waals surface area contributed by atoms with Gasteiger partial charge >= 0.3 is 0 Å². The topological polar surface area (TPSA) is 27.1 Å². The molecule has 0 amide bonds. The summed E-state index contributed by atoms with van der Waals surface area (Å²) in [7, 11) is -1.06. The van der Waals surface area contributed by atoms with E-state index in [1.54, 1.807) is 0 Å². The summed E-state index contributed by atoms with van der Waals surface area (Å²) in [6.45, 7) is 8.40. The maximum Gasteiger partial charge on any atom is 0.139 e. The third-order valence-corrected chi connectivity index (χ3v) is 5.82. The van der Waals surface area contributed by atoms with Gasteiger partial charge in [-0.1, -0.05) is 80.3 Å². The monoisotopic (exact) mass is 350 g/mol. The van der Waals surface area contributed by atoms with Crippen molar-refractivity contribution in [2.45, 2.75) is 32.4 Å². The lowest BCUT2D eigenvalue weighted by Gasteiger charge is -2.15. The first-order valence-corrected chi connectivity index (χ1v) is 12.5. The third kappa shape index (κ3) is 4.90. The summed E-state index contributed by atoms with van der Waals surface area (Å²) in [5, 5.41) is 4.79. The van der Waals surface area contributed by atoms with Gasteiger partial charge in [0.15, 0.2) is 0 Å². The summed E-state index contributed by atoms with van der Waals surface area (Å²) in [4.78, 5) is 0. The van der Waals surface area contributed by atoms with Gasteiger partial charge in [0.2, 0.25) is 0 Å². The van der Waals surface area contributed by atoms with E-state index in [0.717, 1.165) is 23.4 Å². The van der Waals surface area contributed by atoms with Crippen molar-refractivity contribution in [2.24, 2.45) is 0 Å². The molecule has 0 bridgehead atoms. The van der Waals surface area contributed by atoms with Gasteiger partial charge in [0.25, 0.3) is 0 Å². The molecule has 1 heterocycles. The van der Waals surface area contributed by atoms with Gasteiger partial charge in [-0.2, -0.15) is 5.10 Å². The molecule has 0 atom stereocenters. The van der Waals surface area contributed by atoms with Crippen molar-refractivity contribution in [1.82, 2.24) is 9.78 Å². The van der Waals surface area contributed by atoms with Crippen LogP contribution in [0.4, 0.5) is 0 Å². The Labute approximate surface area is 151 Å². The van der Waals surface area contributed by atoms with Crippen LogP contribution in [-0.4, -0.2) is 24.5 Å². The Bertz CT molecular complexity index is 735. The van der Waals surface area contributed by atoms with Crippen LogP contribution in [0.25, 0.3) is 22.4 Å². The minimum Gasteiger partial charge on any atom is -0.360 e. The lowest BCUT2D eigenvalue weighted by molar-refractivity contribution is 0.0788. The molecule has 0 N–H and O–H groups in total. The highest BCUT2D eigenvalue weighted by atomic mass is 28.3. The quantitative estimate of drug-likeness (QED) is 0.414. The van der Waals surface area contributed by atoms with E-state index in [1.165, 1.54) is 11.6 Å². The van der Waals surface area contributed by atoms with Gasteiger partial charge in [-0.15, -0.1) is 0 Å². The zero-order valence-corrected chi connectivity index (χ0v) is 16.3. The van der Waals surface area contributed by atoms with Gasteiger partial charge in [0, 0.05) is 32.0 Å². The molecule has 0 aliphatic heterocycles. The molecule has 0 aliphatic rings. The van der Waals surface area contributed by atoms with E-state index in [1.807, 2.05) is 28.9 Å². The molecule has 0 aliphatic carbocycles. The standard InChI is InChI=1S/C21H26N2OSi/c1-25(2,3)15-14-24-17-23-16-20(18-10-6-4-7-11-18)21(22-23)19-12-8-5-9-13-19/h4-13,16H,14-15,17H2,1-3H3. The van der Waals surface area contributed by atoms with Crippen molar-refractivity contribution >= 4 is 8.07 Å². The summed E-state index contributed by atoms with van der Waals surface area (Å²) in [5.41, 5.74) is 4.44. The number of hydrogen-bond donors (Lipinski definition) is 0. The van der Waals surface area contributed by atoms with Crippen LogP contribution in [0, 0.1) is 0 Å². The molecule has 1 aromatic heterocycles. The van der Waals surface area contributed by atoms with E-state index < -0.39 is 8.07 Å². The first-order valence-electron chi connectivity index (χ1n) is 8.79. The number of ether oxygens (including phenoxy) is 1. The largest absolute Gasteiger partial charge is 0.360 e. The molecular weight excluding hydrogens is 324 g/mol. The molecule has 25 heavy (non-hydrogen) atoms. The predicted molar refractivity (Wildman–Crippen MR) is 107 cm³/mol. The molecule has 3 rings (SSSR count). The lowest BCUT2D eigenvalue weighted by Crippen LogP contribution is -2.22. The maximum atomic E-state index is 5.87. The summed E-state index contributed by atoms with van der Waals surface area (Å²) in [6.07, 6.45) is 2.09. The average Bonchev–Trinajstić information content (AvgIpc) is 3.04. The van der Waals surface area contributed by atoms with Crippen LogP contribution in [0.1, 0.15) is 0 Å². The SMILES string of the molecule is C[Si](C)(C)CCOCn1cc(-c2ccccc2)c(-c2ccccc2)n1. The van der Waals surface area contributed by atoms with Crippen LogP contribution in [0.2, 0.25) is 25.7 Å². The van der Waals surface area contributed by atoms with E-state index in [-0.39, 0.29) is 0 Å². The first-order chi connectivity index (χ1) is 12.0. The maximum absolute atomic E-state index is 5.87. The van der Waals surface area contributed by atoms with Crippen molar-refractivity contribution in [1.29, 1.82) is 0 Å². The Morgan fingerprint density at radius 1 is 0.880 bits per heavy atom. The van der Waals surface area contributed by atoms with E-state index in [0.29, 0.717) is 6.73 Å². The van der Waals surface area contributed by atoms with Gasteiger partial charge in [-0.05, 0) is 11.6 Å². The Balaban J connectivity index is 1.83. The zero-order valence-electron chi connectivity index (χ0n) is 15.3. The second-order valence-corrected chi connectivity index (χ2v) is 13.1. The highest BCUT2D eigenvalue weighted by Gasteiger charge is 2.14. The fraction of sp³-hybridized carbons (Fsp3) is 0.286. The minimum atomic E-state index is -1.06. The molecule has 3 nitrogen and oxygen atoms in total. The van der Waals surface area contributed by atoms with Crippen LogP contribution < -0.4 is 0 Å². The van der Waals surface area contributed by atoms with Crippen molar-refractivity contribution < 1.29 is 4.74 Å². The van der Waals surface area contributed by atoms with Crippen LogP contribution in [0.15, 0.2) is 66.9 Å². The highest BCUT2D eigenvalue weighted by molar-refractivity contribution is 6.76. The first kappa shape index (κ1) is 17.6. The van der Waals surface area contributed by atoms with Gasteiger partial charge in [-0.25, -0.2) is 4.68 Å². The van der Waals surface area contributed by atoms with Gasteiger partial charge in [0.1, 0.15) is 12.4 Å². The zero-order chi connectivity index (χ0) is 17.7. The van der Waals surface area contributed by atoms with Gasteiger partial charge in [0.05, 0.1) is 0 Å². The molecule has 0 unspecified atom stereocenters. The molecule has 4 heteroatoms. The third-order valence-electron chi connectivity index (χ3n) is 4.11. The fourth-order valence-corrected chi connectivity index (χ4v) is 3.42. The van der Waals surface area contributed by atoms with Crippen molar-refractivity contribution in [3.8, 4) is 22.4 Å². The second kappa shape index (κ2) is 7.81. The Hall–Kier alpha value is -2.17. The molecule has 130 valence electrons. The Morgan fingerprint density at radius 2 is 1.48 bits per heavy atom. The molecular formula is C21H26N2OSi. The number of hydrogen-bond acceptors (Lipinski definition) is 2. The van der Waals surface area contributed by atoms with Crippen molar-refractivity contribution in [3.05, 3.63) is 66.9 Å². The van der Waals surface area contributed by atoms with Crippen LogP contribution in [-0.2, 0) is 11.5 Å². The van der Waals surface area contributed by atoms with Crippen molar-refractivity contribution in [3.63, 3.8) is 0 Å². The molecule has 0 saturated heterocycles. The summed E-state index contributed by atoms with van der Waals surface area (Å²) in [6, 6.07) is 21.9. The van der Waals surface area contributed by atoms with Crippen LogP contribution in [0.3, 0.4) is 0 Å². The van der Waals surface area contributed by atoms with E-state index in [4.69, 9.17) is 9.84 Å². The molecule has 2 aromatic carbocycles. The fourth-order valence-electron chi connectivity index (χ4n) is 2.66. The Morgan fingerprint density at radius 3 is 2.08 bits per heavy atom. The Kier molecular flexibility index (Phi) is 5.51. The molecule has 3 aromatic rings. The van der Waals surface area contributed by atoms with E-state index in [2.05, 4.69) is 62.2 Å². The summed E-state index contributed by atoms with van der Waals surface area (Å²) in [5.74, 6) is 0. The smallest absolute Gasteiger partial charge is 0.139 e.